The predicted octanol–water partition coefficient (Wildman–Crippen LogP) is 5.16. The van der Waals surface area contributed by atoms with E-state index >= 15 is 0 Å². The third-order valence-electron chi connectivity index (χ3n) is 7.43. The van der Waals surface area contributed by atoms with E-state index in [1.807, 2.05) is 80.6 Å². The molecule has 248 valence electrons. The molecule has 1 atom stereocenters. The summed E-state index contributed by atoms with van der Waals surface area (Å²) in [5, 5.41) is 16.3. The van der Waals surface area contributed by atoms with E-state index in [9.17, 15) is 14.0 Å². The average molecular weight is 647 g/mol. The van der Waals surface area contributed by atoms with E-state index in [0.717, 1.165) is 44.7 Å². The number of fused-ring (bicyclic) bond motifs is 2. The molecule has 1 fully saturated rings. The van der Waals surface area contributed by atoms with Gasteiger partial charge in [0.05, 0.1) is 49.4 Å². The number of morpholine rings is 1. The van der Waals surface area contributed by atoms with E-state index in [1.165, 1.54) is 23.4 Å². The molecule has 1 amide bonds. The molecule has 47 heavy (non-hydrogen) atoms. The van der Waals surface area contributed by atoms with E-state index in [2.05, 4.69) is 30.6 Å². The molecule has 14 heteroatoms. The number of hydrogen-bond acceptors (Lipinski definition) is 10. The van der Waals surface area contributed by atoms with E-state index in [4.69, 9.17) is 9.47 Å². The summed E-state index contributed by atoms with van der Waals surface area (Å²) in [5.41, 5.74) is 5.22. The molecule has 6 rings (SSSR count). The number of rotatable bonds is 8. The molecule has 0 bridgehead atoms. The number of amides is 1. The zero-order chi connectivity index (χ0) is 33.6. The van der Waals surface area contributed by atoms with Gasteiger partial charge in [0, 0.05) is 30.2 Å². The summed E-state index contributed by atoms with van der Waals surface area (Å²) in [6.45, 7) is 9.73. The van der Waals surface area contributed by atoms with Gasteiger partial charge in [-0.05, 0) is 63.6 Å². The van der Waals surface area contributed by atoms with Crippen LogP contribution >= 0.6 is 0 Å². The van der Waals surface area contributed by atoms with Crippen molar-refractivity contribution in [2.75, 3.05) is 44.0 Å². The van der Waals surface area contributed by atoms with E-state index in [0.29, 0.717) is 32.8 Å². The number of hydrogen-bond donors (Lipinski definition) is 2. The van der Waals surface area contributed by atoms with E-state index < -0.39 is 11.7 Å². The Morgan fingerprint density at radius 1 is 1.19 bits per heavy atom. The average Bonchev–Trinajstić information content (AvgIpc) is 3.59. The van der Waals surface area contributed by atoms with E-state index in [1.54, 1.807) is 6.07 Å². The van der Waals surface area contributed by atoms with Gasteiger partial charge in [0.2, 0.25) is 0 Å². The lowest BCUT2D eigenvalue weighted by Gasteiger charge is -2.35. The highest BCUT2D eigenvalue weighted by Crippen LogP contribution is 2.29. The van der Waals surface area contributed by atoms with Crippen molar-refractivity contribution in [1.82, 2.24) is 29.3 Å². The highest BCUT2D eigenvalue weighted by atomic mass is 19.1. The first-order chi connectivity index (χ1) is 22.6. The fourth-order valence-corrected chi connectivity index (χ4v) is 5.24. The molecule has 0 radical (unpaired) electrons. The van der Waals surface area contributed by atoms with Crippen LogP contribution in [0, 0.1) is 12.7 Å². The largest absolute Gasteiger partial charge is 0.466 e. The molecule has 0 aliphatic carbocycles. The number of aryl methyl sites for hydroxylation is 1. The van der Waals surface area contributed by atoms with Crippen molar-refractivity contribution >= 4 is 46.2 Å². The molecule has 1 saturated heterocycles. The van der Waals surface area contributed by atoms with Gasteiger partial charge in [0.25, 0.3) is 6.47 Å². The van der Waals surface area contributed by atoms with Crippen LogP contribution in [0.5, 0.6) is 0 Å². The molecule has 4 heterocycles. The van der Waals surface area contributed by atoms with Crippen LogP contribution in [0.2, 0.25) is 0 Å². The lowest BCUT2D eigenvalue weighted by molar-refractivity contribution is -0.132. The van der Waals surface area contributed by atoms with Gasteiger partial charge in [0.15, 0.2) is 5.82 Å². The second-order valence-corrected chi connectivity index (χ2v) is 12.0. The van der Waals surface area contributed by atoms with Crippen molar-refractivity contribution in [2.45, 2.75) is 45.9 Å². The molecule has 2 aromatic carbocycles. The third kappa shape index (κ3) is 8.14. The second-order valence-electron chi connectivity index (χ2n) is 12.0. The maximum atomic E-state index is 13.5. The van der Waals surface area contributed by atoms with Crippen LogP contribution < -0.4 is 10.6 Å². The second kappa shape index (κ2) is 14.5. The topological polar surface area (TPSA) is 137 Å². The van der Waals surface area contributed by atoms with Gasteiger partial charge in [-0.3, -0.25) is 14.4 Å². The number of halogens is 1. The molecule has 1 aliphatic rings. The number of carbonyl (C=O) groups excluding carboxylic acids is 2. The normalized spacial score (nSPS) is 14.8. The van der Waals surface area contributed by atoms with Gasteiger partial charge in [-0.25, -0.2) is 18.7 Å². The van der Waals surface area contributed by atoms with Crippen LogP contribution in [0.15, 0.2) is 61.2 Å². The maximum Gasteiger partial charge on any atom is 0.410 e. The molecule has 0 spiro atoms. The van der Waals surface area contributed by atoms with Gasteiger partial charge in [0.1, 0.15) is 29.9 Å². The molecular weight excluding hydrogens is 607 g/mol. The third-order valence-corrected chi connectivity index (χ3v) is 7.43. The Morgan fingerprint density at radius 3 is 2.77 bits per heavy atom. The van der Waals surface area contributed by atoms with Gasteiger partial charge in [-0.15, -0.1) is 0 Å². The van der Waals surface area contributed by atoms with Gasteiger partial charge in [-0.2, -0.15) is 10.2 Å². The van der Waals surface area contributed by atoms with Crippen LogP contribution in [0.25, 0.3) is 16.4 Å². The lowest BCUT2D eigenvalue weighted by atomic mass is 10.2. The van der Waals surface area contributed by atoms with Crippen LogP contribution in [0.3, 0.4) is 0 Å². The molecule has 0 unspecified atom stereocenters. The lowest BCUT2D eigenvalue weighted by Crippen LogP contribution is -2.52. The van der Waals surface area contributed by atoms with Gasteiger partial charge < -0.3 is 24.8 Å². The smallest absolute Gasteiger partial charge is 0.410 e. The van der Waals surface area contributed by atoms with Crippen molar-refractivity contribution < 1.29 is 28.2 Å². The Balaban J connectivity index is 0.000000218. The number of anilines is 3. The maximum absolute atomic E-state index is 13.5. The first-order valence-corrected chi connectivity index (χ1v) is 15.2. The van der Waals surface area contributed by atoms with Crippen LogP contribution in [0.4, 0.5) is 26.4 Å². The minimum absolute atomic E-state index is 0.128. The Morgan fingerprint density at radius 2 is 2.02 bits per heavy atom. The van der Waals surface area contributed by atoms with Gasteiger partial charge in [-0.1, -0.05) is 12.1 Å². The number of carbonyl (C=O) groups is 2. The molecule has 1 aliphatic heterocycles. The highest BCUT2D eigenvalue weighted by molar-refractivity contribution is 5.86. The summed E-state index contributed by atoms with van der Waals surface area (Å²) in [6.07, 6.45) is 4.89. The van der Waals surface area contributed by atoms with Gasteiger partial charge >= 0.3 is 6.09 Å². The quantitative estimate of drug-likeness (QED) is 0.218. The van der Waals surface area contributed by atoms with Crippen LogP contribution in [-0.4, -0.2) is 86.9 Å². The van der Waals surface area contributed by atoms with Crippen LogP contribution in [0.1, 0.15) is 31.9 Å². The fraction of sp³-hybridized carbons (Fsp3) is 0.364. The number of aromatic nitrogens is 5. The first-order valence-electron chi connectivity index (χ1n) is 15.2. The fourth-order valence-electron chi connectivity index (χ4n) is 5.24. The summed E-state index contributed by atoms with van der Waals surface area (Å²) >= 11 is 0. The molecule has 0 saturated carbocycles. The Labute approximate surface area is 271 Å². The SMILES string of the molecule is CC(C)(C)OC(=O)N1CCOC[C@H]1COC=O.CNc1cn2ncnc(Nc3ccc4c(cnn4Cc4cccc(F)c4)c3)c2c1C. The van der Waals surface area contributed by atoms with Crippen LogP contribution in [-0.2, 0) is 25.5 Å². The first kappa shape index (κ1) is 33.1. The predicted molar refractivity (Wildman–Crippen MR) is 175 cm³/mol. The summed E-state index contributed by atoms with van der Waals surface area (Å²) in [4.78, 5) is 28.0. The summed E-state index contributed by atoms with van der Waals surface area (Å²) in [6, 6.07) is 12.3. The molecule has 13 nitrogen and oxygen atoms in total. The Kier molecular flexibility index (Phi) is 10.2. The van der Waals surface area contributed by atoms with Crippen molar-refractivity contribution in [3.63, 3.8) is 0 Å². The minimum atomic E-state index is -0.536. The van der Waals surface area contributed by atoms with Crippen molar-refractivity contribution in [2.24, 2.45) is 0 Å². The van der Waals surface area contributed by atoms with Crippen molar-refractivity contribution in [3.05, 3.63) is 78.1 Å². The van der Waals surface area contributed by atoms with Crippen molar-refractivity contribution in [1.29, 1.82) is 0 Å². The monoisotopic (exact) mass is 646 g/mol. The highest BCUT2D eigenvalue weighted by Gasteiger charge is 2.31. The number of nitrogens with zero attached hydrogens (tertiary/aromatic N) is 6. The number of benzene rings is 2. The summed E-state index contributed by atoms with van der Waals surface area (Å²) < 4.78 is 32.4. The number of nitrogens with one attached hydrogen (secondary N) is 2. The zero-order valence-corrected chi connectivity index (χ0v) is 27.1. The Hall–Kier alpha value is -5.24. The Bertz CT molecular complexity index is 1850. The van der Waals surface area contributed by atoms with E-state index in [-0.39, 0.29) is 18.5 Å². The number of ether oxygens (including phenoxy) is 3. The molecule has 3 aromatic heterocycles. The molecule has 2 N–H and O–H groups in total. The zero-order valence-electron chi connectivity index (χ0n) is 27.1. The standard InChI is InChI=1S/C22H20FN7.C11H19NO5/c1-14-19(24-2)12-30-21(14)22(25-13-27-30)28-18-6-7-20-16(9-18)10-26-29(20)11-15-4-3-5-17(23)8-15;1-11(2,3)17-10(14)12-4-5-15-6-9(12)7-16-8-13/h3-10,12-13,24H,11H2,1-2H3,(H,25,27,28);8-9H,4-7H2,1-3H3/t;9-/m.0/s1. The minimum Gasteiger partial charge on any atom is -0.466 e. The molecular formula is C33H39FN8O5. The summed E-state index contributed by atoms with van der Waals surface area (Å²) in [7, 11) is 1.89. The molecule has 5 aromatic rings. The summed E-state index contributed by atoms with van der Waals surface area (Å²) in [5.74, 6) is 0.490. The van der Waals surface area contributed by atoms with Crippen molar-refractivity contribution in [3.8, 4) is 0 Å².